The average molecular weight is 565 g/mol. The summed E-state index contributed by atoms with van der Waals surface area (Å²) in [5, 5.41) is 0. The Bertz CT molecular complexity index is 1140. The van der Waals surface area contributed by atoms with Gasteiger partial charge >= 0.3 is 12.3 Å². The lowest BCUT2D eigenvalue weighted by Crippen LogP contribution is -2.51. The van der Waals surface area contributed by atoms with Crippen molar-refractivity contribution in [3.05, 3.63) is 23.4 Å². The summed E-state index contributed by atoms with van der Waals surface area (Å²) in [6.45, 7) is -0.512. The highest BCUT2D eigenvalue weighted by molar-refractivity contribution is 7.88. The molecule has 1 aromatic heterocycles. The number of nitrogens with two attached hydrogens (primary N) is 1. The Labute approximate surface area is 218 Å². The van der Waals surface area contributed by atoms with E-state index in [0.29, 0.717) is 25.7 Å². The molecule has 4 heterocycles. The number of primary amides is 1. The molecule has 11 nitrogen and oxygen atoms in total. The summed E-state index contributed by atoms with van der Waals surface area (Å²) in [4.78, 5) is 30.3. The van der Waals surface area contributed by atoms with E-state index in [1.54, 1.807) is 0 Å². The van der Waals surface area contributed by atoms with Crippen LogP contribution in [0, 0.1) is 0 Å². The van der Waals surface area contributed by atoms with Crippen LogP contribution in [-0.4, -0.2) is 80.6 Å². The van der Waals surface area contributed by atoms with Crippen LogP contribution in [0.25, 0.3) is 0 Å². The molecule has 1 saturated carbocycles. The van der Waals surface area contributed by atoms with E-state index in [4.69, 9.17) is 19.9 Å². The number of carbonyl (C=O) groups is 2. The summed E-state index contributed by atoms with van der Waals surface area (Å²) in [6.07, 6.45) is -3.11. The molecule has 0 radical (unpaired) electrons. The van der Waals surface area contributed by atoms with Gasteiger partial charge in [-0.25, -0.2) is 22.9 Å². The predicted molar refractivity (Wildman–Crippen MR) is 127 cm³/mol. The van der Waals surface area contributed by atoms with E-state index in [1.807, 2.05) is 0 Å². The summed E-state index contributed by atoms with van der Waals surface area (Å²) in [5.74, 6) is -1.12. The Morgan fingerprint density at radius 1 is 1.18 bits per heavy atom. The van der Waals surface area contributed by atoms with Crippen LogP contribution in [0.4, 0.5) is 18.0 Å². The quantitative estimate of drug-likeness (QED) is 0.563. The SMILES string of the molecule is CS(=O)(=O)N[C@H]1C[C@@H](CC(N)=O)N2C(=O)OCCOc3ccc(C(F)(F)F)c(n3)C3CCC(CC3)OCC12. The molecule has 3 atom stereocenters. The fraction of sp³-hybridized carbons (Fsp3) is 0.696. The zero-order valence-corrected chi connectivity index (χ0v) is 21.6. The maximum absolute atomic E-state index is 13.7. The van der Waals surface area contributed by atoms with E-state index in [0.717, 1.165) is 18.4 Å². The molecule has 1 unspecified atom stereocenters. The van der Waals surface area contributed by atoms with Gasteiger partial charge in [-0.1, -0.05) is 0 Å². The van der Waals surface area contributed by atoms with E-state index in [9.17, 15) is 31.2 Å². The molecule has 212 valence electrons. The Balaban J connectivity index is 1.61. The maximum Gasteiger partial charge on any atom is 0.418 e. The average Bonchev–Trinajstić information content (AvgIpc) is 3.13. The smallest absolute Gasteiger partial charge is 0.418 e. The van der Waals surface area contributed by atoms with Crippen molar-refractivity contribution in [3.8, 4) is 5.88 Å². The number of hydrogen-bond donors (Lipinski definition) is 2. The van der Waals surface area contributed by atoms with Crippen molar-refractivity contribution < 1.29 is 45.4 Å². The van der Waals surface area contributed by atoms with Crippen molar-refractivity contribution in [2.24, 2.45) is 5.73 Å². The number of sulfonamides is 1. The van der Waals surface area contributed by atoms with Crippen LogP contribution in [0.3, 0.4) is 0 Å². The molecule has 1 aromatic rings. The predicted octanol–water partition coefficient (Wildman–Crippen LogP) is 1.91. The molecule has 2 amide bonds. The number of nitrogens with one attached hydrogen (secondary N) is 1. The lowest BCUT2D eigenvalue weighted by molar-refractivity contribution is -0.139. The molecule has 1 aliphatic carbocycles. The van der Waals surface area contributed by atoms with Crippen LogP contribution >= 0.6 is 0 Å². The third-order valence-electron chi connectivity index (χ3n) is 7.08. The van der Waals surface area contributed by atoms with E-state index < -0.39 is 57.8 Å². The van der Waals surface area contributed by atoms with Crippen LogP contribution in [0.5, 0.6) is 5.88 Å². The van der Waals surface area contributed by atoms with Crippen LogP contribution in [0.1, 0.15) is 55.7 Å². The van der Waals surface area contributed by atoms with E-state index in [-0.39, 0.29) is 50.3 Å². The third-order valence-corrected chi connectivity index (χ3v) is 7.81. The van der Waals surface area contributed by atoms with Gasteiger partial charge in [0.25, 0.3) is 0 Å². The molecule has 0 spiro atoms. The monoisotopic (exact) mass is 564 g/mol. The first-order valence-electron chi connectivity index (χ1n) is 12.3. The molecule has 4 bridgehead atoms. The number of amides is 2. The standard InChI is InChI=1S/C23H31F3N4O7S/c1-38(33,34)29-17-10-14(11-19(27)31)30-18(17)12-37-15-4-2-13(3-5-15)21-16(23(24,25)26)6-7-20(28-21)35-8-9-36-22(30)32/h6-7,13-15,17-18,29H,2-5,8-12H2,1H3,(H2,27,31)/t13?,14-,15?,17-,18?/m0/s1. The zero-order valence-electron chi connectivity index (χ0n) is 20.8. The first-order valence-corrected chi connectivity index (χ1v) is 14.2. The number of rotatable bonds is 4. The molecule has 5 rings (SSSR count). The number of alkyl halides is 3. The molecule has 3 N–H and O–H groups in total. The zero-order chi connectivity index (χ0) is 27.7. The van der Waals surface area contributed by atoms with E-state index in [2.05, 4.69) is 9.71 Å². The summed E-state index contributed by atoms with van der Waals surface area (Å²) in [6, 6.07) is -0.186. The topological polar surface area (TPSA) is 150 Å². The van der Waals surface area contributed by atoms with Crippen molar-refractivity contribution in [1.82, 2.24) is 14.6 Å². The summed E-state index contributed by atoms with van der Waals surface area (Å²) < 4.78 is 84.5. The van der Waals surface area contributed by atoms with Crippen LogP contribution in [-0.2, 0) is 30.5 Å². The molecule has 15 heteroatoms. The minimum absolute atomic E-state index is 0.0161. The minimum Gasteiger partial charge on any atom is -0.474 e. The number of hydrogen-bond acceptors (Lipinski definition) is 8. The van der Waals surface area contributed by atoms with Crippen LogP contribution in [0.2, 0.25) is 0 Å². The van der Waals surface area contributed by atoms with Crippen molar-refractivity contribution >= 4 is 22.0 Å². The fourth-order valence-corrected chi connectivity index (χ4v) is 6.30. The number of nitrogens with zero attached hydrogens (tertiary/aromatic N) is 2. The van der Waals surface area contributed by atoms with Gasteiger partial charge in [0.15, 0.2) is 0 Å². The van der Waals surface area contributed by atoms with Crippen molar-refractivity contribution in [1.29, 1.82) is 0 Å². The number of pyridine rings is 1. The molecule has 4 aliphatic rings. The second-order valence-electron chi connectivity index (χ2n) is 9.88. The van der Waals surface area contributed by atoms with Gasteiger partial charge in [0.05, 0.1) is 36.3 Å². The number of aromatic nitrogens is 1. The first-order chi connectivity index (χ1) is 17.8. The van der Waals surface area contributed by atoms with Crippen LogP contribution in [0.15, 0.2) is 12.1 Å². The Morgan fingerprint density at radius 3 is 2.50 bits per heavy atom. The van der Waals surface area contributed by atoms with Gasteiger partial charge in [-0.3, -0.25) is 9.69 Å². The highest BCUT2D eigenvalue weighted by atomic mass is 32.2. The van der Waals surface area contributed by atoms with Crippen molar-refractivity contribution in [2.45, 2.75) is 74.8 Å². The number of ether oxygens (including phenoxy) is 3. The first kappa shape index (κ1) is 28.4. The molecule has 38 heavy (non-hydrogen) atoms. The Hall–Kier alpha value is -2.65. The van der Waals surface area contributed by atoms with Gasteiger partial charge in [0.2, 0.25) is 21.8 Å². The number of carbonyl (C=O) groups excluding carboxylic acids is 2. The third kappa shape index (κ3) is 6.86. The van der Waals surface area contributed by atoms with Gasteiger partial charge in [-0.2, -0.15) is 13.2 Å². The molecule has 3 aliphatic heterocycles. The van der Waals surface area contributed by atoms with Gasteiger partial charge in [-0.05, 0) is 38.2 Å². The van der Waals surface area contributed by atoms with Crippen LogP contribution < -0.4 is 15.2 Å². The molecule has 0 aromatic carbocycles. The maximum atomic E-state index is 13.7. The summed E-state index contributed by atoms with van der Waals surface area (Å²) in [5.41, 5.74) is 4.50. The lowest BCUT2D eigenvalue weighted by Gasteiger charge is -2.34. The second kappa shape index (κ2) is 11.2. The highest BCUT2D eigenvalue weighted by Gasteiger charge is 2.47. The normalized spacial score (nSPS) is 28.9. The molecule has 2 fully saturated rings. The van der Waals surface area contributed by atoms with Crippen molar-refractivity contribution in [3.63, 3.8) is 0 Å². The Morgan fingerprint density at radius 2 is 1.87 bits per heavy atom. The molecular weight excluding hydrogens is 533 g/mol. The van der Waals surface area contributed by atoms with E-state index >= 15 is 0 Å². The Kier molecular flexibility index (Phi) is 8.37. The van der Waals surface area contributed by atoms with Crippen molar-refractivity contribution in [2.75, 3.05) is 26.1 Å². The number of fused-ring (bicyclic) bond motifs is 7. The fourth-order valence-electron chi connectivity index (χ4n) is 5.50. The van der Waals surface area contributed by atoms with Gasteiger partial charge < -0.3 is 19.9 Å². The highest BCUT2D eigenvalue weighted by Crippen LogP contribution is 2.41. The largest absolute Gasteiger partial charge is 0.474 e. The summed E-state index contributed by atoms with van der Waals surface area (Å²) >= 11 is 0. The molecule has 1 saturated heterocycles. The summed E-state index contributed by atoms with van der Waals surface area (Å²) in [7, 11) is -3.67. The van der Waals surface area contributed by atoms with Gasteiger partial charge in [-0.15, -0.1) is 0 Å². The van der Waals surface area contributed by atoms with Gasteiger partial charge in [0.1, 0.15) is 13.2 Å². The lowest BCUT2D eigenvalue weighted by atomic mass is 9.83. The molecular formula is C23H31F3N4O7S. The van der Waals surface area contributed by atoms with E-state index in [1.165, 1.54) is 4.90 Å². The number of halogens is 3. The minimum atomic E-state index is -4.57. The second-order valence-corrected chi connectivity index (χ2v) is 11.7. The van der Waals surface area contributed by atoms with Gasteiger partial charge in [0, 0.05) is 30.5 Å².